The Kier molecular flexibility index (Phi) is 7.42. The third-order valence-electron chi connectivity index (χ3n) is 0.249. The Balaban J connectivity index is 0. The van der Waals surface area contributed by atoms with E-state index in [0.717, 1.165) is 6.26 Å². The fourth-order valence-electron chi connectivity index (χ4n) is 0.117. The molecule has 5 nitrogen and oxygen atoms in total. The van der Waals surface area contributed by atoms with Crippen LogP contribution < -0.4 is 0 Å². The summed E-state index contributed by atoms with van der Waals surface area (Å²) in [5, 5.41) is 0. The van der Waals surface area contributed by atoms with Crippen LogP contribution in [0.3, 0.4) is 0 Å². The fourth-order valence-corrected chi connectivity index (χ4v) is 0.117. The highest BCUT2D eigenvalue weighted by Crippen LogP contribution is 1.70. The summed E-state index contributed by atoms with van der Waals surface area (Å²) in [6.45, 7) is 4.48. The average Bonchev–Trinajstić information content (AvgIpc) is 1.58. The predicted octanol–water partition coefficient (Wildman–Crippen LogP) is 0.372. The Morgan fingerprint density at radius 1 is 1.73 bits per heavy atom. The quantitative estimate of drug-likeness (QED) is 0.470. The summed E-state index contributed by atoms with van der Waals surface area (Å²) in [6, 6.07) is 0. The molecule has 0 aliphatic rings. The minimum atomic E-state index is -3.83. The van der Waals surface area contributed by atoms with Gasteiger partial charge in [-0.25, -0.2) is 0 Å². The summed E-state index contributed by atoms with van der Waals surface area (Å²) in [7, 11) is -3.83. The molecule has 0 bridgehead atoms. The van der Waals surface area contributed by atoms with Crippen LogP contribution in [0.15, 0.2) is 12.8 Å². The molecule has 0 aliphatic heterocycles. The second kappa shape index (κ2) is 6.23. The first kappa shape index (κ1) is 13.1. The van der Waals surface area contributed by atoms with Crippen molar-refractivity contribution in [1.29, 1.82) is 0 Å². The van der Waals surface area contributed by atoms with Gasteiger partial charge in [0.25, 0.3) is 9.05 Å². The molecular weight excluding hydrogens is 192 g/mol. The van der Waals surface area contributed by atoms with Gasteiger partial charge < -0.3 is 4.74 Å². The normalized spacial score (nSPS) is 9.00. The molecule has 0 saturated heterocycles. The van der Waals surface area contributed by atoms with Crippen molar-refractivity contribution in [3.05, 3.63) is 12.8 Å². The maximum atomic E-state index is 9.75. The zero-order valence-corrected chi connectivity index (χ0v) is 7.35. The van der Waals surface area contributed by atoms with Crippen molar-refractivity contribution in [3.63, 3.8) is 0 Å². The van der Waals surface area contributed by atoms with E-state index in [2.05, 4.69) is 22.5 Å². The molecule has 0 radical (unpaired) electrons. The molecule has 0 heterocycles. The van der Waals surface area contributed by atoms with Crippen molar-refractivity contribution < 1.29 is 22.8 Å². The number of carbonyl (C=O) groups is 1. The fraction of sp³-hybridized carbons (Fsp3) is 0.250. The maximum Gasteiger partial charge on any atom is 0.307 e. The number of hydrogen-bond donors (Lipinski definition) is 2. The zero-order valence-electron chi connectivity index (χ0n) is 5.72. The molecule has 0 atom stereocenters. The minimum Gasteiger partial charge on any atom is -0.435 e. The van der Waals surface area contributed by atoms with E-state index in [4.69, 9.17) is 13.3 Å². The van der Waals surface area contributed by atoms with Crippen LogP contribution in [0, 0.1) is 0 Å². The van der Waals surface area contributed by atoms with Crippen molar-refractivity contribution in [2.75, 3.05) is 0 Å². The number of carbonyl (C=O) groups excluding carboxylic acids is 1. The van der Waals surface area contributed by atoms with E-state index in [1.165, 1.54) is 6.92 Å². The first-order valence-electron chi connectivity index (χ1n) is 2.25. The Hall–Kier alpha value is -0.500. The summed E-state index contributed by atoms with van der Waals surface area (Å²) >= 11 is 3.47. The molecule has 0 rings (SSSR count). The molecule has 0 aromatic carbocycles. The van der Waals surface area contributed by atoms with Crippen molar-refractivity contribution in [3.8, 4) is 0 Å². The van der Waals surface area contributed by atoms with Gasteiger partial charge in [0.1, 0.15) is 0 Å². The molecule has 11 heavy (non-hydrogen) atoms. The highest BCUT2D eigenvalue weighted by atomic mass is 32.9. The number of ether oxygens (including phenoxy) is 1. The van der Waals surface area contributed by atoms with Crippen LogP contribution in [-0.2, 0) is 29.8 Å². The van der Waals surface area contributed by atoms with Crippen LogP contribution in [0.2, 0.25) is 0 Å². The zero-order chi connectivity index (χ0) is 9.49. The summed E-state index contributed by atoms with van der Waals surface area (Å²) < 4.78 is 28.1. The van der Waals surface area contributed by atoms with Crippen LogP contribution in [0.4, 0.5) is 0 Å². The first-order chi connectivity index (χ1) is 4.77. The first-order valence-corrected chi connectivity index (χ1v) is 4.65. The molecule has 0 aliphatic carbocycles. The molecule has 0 aromatic rings. The molecule has 2 N–H and O–H groups in total. The summed E-state index contributed by atoms with van der Waals surface area (Å²) in [6.07, 6.45) is 1.10. The van der Waals surface area contributed by atoms with Crippen LogP contribution in [0.1, 0.15) is 6.92 Å². The Morgan fingerprint density at radius 3 is 2.00 bits per heavy atom. The monoisotopic (exact) mass is 200 g/mol. The second-order valence-electron chi connectivity index (χ2n) is 1.22. The van der Waals surface area contributed by atoms with Crippen LogP contribution >= 0.6 is 0 Å². The van der Waals surface area contributed by atoms with E-state index >= 15 is 0 Å². The third-order valence-corrected chi connectivity index (χ3v) is 0.249. The Bertz CT molecular complexity index is 209. The van der Waals surface area contributed by atoms with Gasteiger partial charge >= 0.3 is 5.97 Å². The molecular formula is C4H8O5S2. The van der Waals surface area contributed by atoms with Gasteiger partial charge in [0.15, 0.2) is 0 Å². The standard InChI is InChI=1S/C4H6O2.H2O3S2/c1-3-6-4(2)5;1-5(2,3)4/h3H,1H2,2H3;(H2,1,2,3,4). The number of esters is 1. The van der Waals surface area contributed by atoms with E-state index in [-0.39, 0.29) is 5.97 Å². The van der Waals surface area contributed by atoms with Gasteiger partial charge in [-0.15, -0.1) is 0 Å². The van der Waals surface area contributed by atoms with E-state index in [1.54, 1.807) is 0 Å². The van der Waals surface area contributed by atoms with Gasteiger partial charge in [0, 0.05) is 18.1 Å². The molecule has 7 heteroatoms. The number of hydrogen-bond acceptors (Lipinski definition) is 4. The van der Waals surface area contributed by atoms with Crippen LogP contribution in [0.5, 0.6) is 0 Å². The highest BCUT2D eigenvalue weighted by Gasteiger charge is 1.79. The van der Waals surface area contributed by atoms with E-state index in [0.29, 0.717) is 0 Å². The molecule has 0 amide bonds. The predicted molar refractivity (Wildman–Crippen MR) is 42.7 cm³/mol. The maximum absolute atomic E-state index is 9.75. The van der Waals surface area contributed by atoms with E-state index < -0.39 is 9.05 Å². The second-order valence-corrected chi connectivity index (χ2v) is 3.42. The number of rotatable bonds is 1. The lowest BCUT2D eigenvalue weighted by molar-refractivity contribution is -0.135. The lowest BCUT2D eigenvalue weighted by Gasteiger charge is -1.83. The molecule has 0 unspecified atom stereocenters. The lowest BCUT2D eigenvalue weighted by Crippen LogP contribution is -1.87. The van der Waals surface area contributed by atoms with Gasteiger partial charge in [-0.2, -0.15) is 4.21 Å². The Morgan fingerprint density at radius 2 is 2.00 bits per heavy atom. The van der Waals surface area contributed by atoms with Gasteiger partial charge in [-0.3, -0.25) is 13.9 Å². The smallest absolute Gasteiger partial charge is 0.307 e. The van der Waals surface area contributed by atoms with Gasteiger partial charge in [0.05, 0.1) is 6.26 Å². The molecule has 66 valence electrons. The minimum absolute atomic E-state index is 0.329. The average molecular weight is 200 g/mol. The van der Waals surface area contributed by atoms with Gasteiger partial charge in [0.2, 0.25) is 0 Å². The topological polar surface area (TPSA) is 83.8 Å². The summed E-state index contributed by atoms with van der Waals surface area (Å²) in [5.74, 6) is -0.329. The van der Waals surface area contributed by atoms with Crippen molar-refractivity contribution in [1.82, 2.24) is 0 Å². The molecule has 0 spiro atoms. The molecule has 0 fully saturated rings. The Labute approximate surface area is 69.4 Å². The summed E-state index contributed by atoms with van der Waals surface area (Å²) in [5.41, 5.74) is 0. The van der Waals surface area contributed by atoms with Gasteiger partial charge in [-0.05, 0) is 0 Å². The lowest BCUT2D eigenvalue weighted by atomic mass is 10.8. The van der Waals surface area contributed by atoms with Crippen molar-refractivity contribution in [2.24, 2.45) is 0 Å². The molecule has 0 saturated carbocycles. The SMILES string of the molecule is C=COC(C)=O.O=S(O)(O)=S. The largest absolute Gasteiger partial charge is 0.435 e. The van der Waals surface area contributed by atoms with Crippen molar-refractivity contribution >= 4 is 26.2 Å². The van der Waals surface area contributed by atoms with Crippen LogP contribution in [-0.4, -0.2) is 19.3 Å². The van der Waals surface area contributed by atoms with E-state index in [1.807, 2.05) is 0 Å². The van der Waals surface area contributed by atoms with Crippen molar-refractivity contribution in [2.45, 2.75) is 6.92 Å². The molecule has 0 aromatic heterocycles. The third kappa shape index (κ3) is 85.5. The highest BCUT2D eigenvalue weighted by molar-refractivity contribution is 8.26. The van der Waals surface area contributed by atoms with Crippen LogP contribution in [0.25, 0.3) is 0 Å². The summed E-state index contributed by atoms with van der Waals surface area (Å²) in [4.78, 5) is 9.75. The van der Waals surface area contributed by atoms with Gasteiger partial charge in [-0.1, -0.05) is 6.58 Å². The van der Waals surface area contributed by atoms with E-state index in [9.17, 15) is 4.79 Å².